The summed E-state index contributed by atoms with van der Waals surface area (Å²) in [6.45, 7) is 3.80. The molecule has 1 fully saturated rings. The molecule has 0 aromatic carbocycles. The maximum absolute atomic E-state index is 11.6. The topological polar surface area (TPSA) is 113 Å². The smallest absolute Gasteiger partial charge is 0.314 e. The zero-order chi connectivity index (χ0) is 14.4. The first-order valence-electron chi connectivity index (χ1n) is 6.04. The predicted molar refractivity (Wildman–Crippen MR) is 70.1 cm³/mol. The maximum Gasteiger partial charge on any atom is 0.397 e. The Bertz CT molecular complexity index is 455. The summed E-state index contributed by atoms with van der Waals surface area (Å²) in [6, 6.07) is 0. The zero-order valence-electron chi connectivity index (χ0n) is 10.6. The van der Waals surface area contributed by atoms with Crippen molar-refractivity contribution < 1.29 is 25.6 Å². The minimum Gasteiger partial charge on any atom is -0.314 e. The van der Waals surface area contributed by atoms with E-state index >= 15 is 0 Å². The standard InChI is InChI=1S/C9H20N2O6S2/c12-18(13,9-7-17-19(14,15)16)8-1-4-11-5-2-10-3-6-11/h10H,1-9H2,(H,14,15,16). The van der Waals surface area contributed by atoms with Crippen LogP contribution in [0, 0.1) is 0 Å². The van der Waals surface area contributed by atoms with Gasteiger partial charge in [0.25, 0.3) is 0 Å². The molecule has 19 heavy (non-hydrogen) atoms. The van der Waals surface area contributed by atoms with Crippen LogP contribution in [0.15, 0.2) is 0 Å². The van der Waals surface area contributed by atoms with Crippen molar-refractivity contribution in [2.24, 2.45) is 0 Å². The summed E-state index contributed by atoms with van der Waals surface area (Å²) in [5, 5.41) is 3.21. The van der Waals surface area contributed by atoms with Gasteiger partial charge in [-0.2, -0.15) is 8.42 Å². The molecule has 1 aliphatic heterocycles. The highest BCUT2D eigenvalue weighted by Gasteiger charge is 2.15. The van der Waals surface area contributed by atoms with Gasteiger partial charge in [0.2, 0.25) is 0 Å². The van der Waals surface area contributed by atoms with Crippen molar-refractivity contribution in [2.45, 2.75) is 6.42 Å². The van der Waals surface area contributed by atoms with E-state index in [0.29, 0.717) is 13.0 Å². The quantitative estimate of drug-likeness (QED) is 0.521. The molecule has 1 rings (SSSR count). The van der Waals surface area contributed by atoms with E-state index in [2.05, 4.69) is 14.4 Å². The van der Waals surface area contributed by atoms with E-state index in [4.69, 9.17) is 4.55 Å². The Hall–Kier alpha value is -0.260. The van der Waals surface area contributed by atoms with Crippen molar-refractivity contribution >= 4 is 20.2 Å². The first-order valence-corrected chi connectivity index (χ1v) is 9.22. The Morgan fingerprint density at radius 2 is 1.74 bits per heavy atom. The molecule has 0 amide bonds. The van der Waals surface area contributed by atoms with E-state index < -0.39 is 32.6 Å². The summed E-state index contributed by atoms with van der Waals surface area (Å²) in [7, 11) is -7.91. The van der Waals surface area contributed by atoms with Crippen LogP contribution in [0.25, 0.3) is 0 Å². The molecule has 0 bridgehead atoms. The first kappa shape index (κ1) is 16.8. The van der Waals surface area contributed by atoms with Crippen molar-refractivity contribution in [1.82, 2.24) is 10.2 Å². The lowest BCUT2D eigenvalue weighted by molar-refractivity contribution is 0.242. The summed E-state index contributed by atoms with van der Waals surface area (Å²) < 4.78 is 56.0. The van der Waals surface area contributed by atoms with Gasteiger partial charge in [-0.3, -0.25) is 4.55 Å². The molecule has 8 nitrogen and oxygen atoms in total. The minimum atomic E-state index is -4.56. The summed E-state index contributed by atoms with van der Waals surface area (Å²) in [6.07, 6.45) is 0.508. The third-order valence-corrected chi connectivity index (χ3v) is 4.93. The van der Waals surface area contributed by atoms with Crippen molar-refractivity contribution in [3.05, 3.63) is 0 Å². The van der Waals surface area contributed by atoms with Gasteiger partial charge in [0.15, 0.2) is 9.84 Å². The van der Waals surface area contributed by atoms with E-state index in [-0.39, 0.29) is 5.75 Å². The van der Waals surface area contributed by atoms with E-state index in [1.807, 2.05) is 0 Å². The van der Waals surface area contributed by atoms with Gasteiger partial charge in [-0.1, -0.05) is 0 Å². The molecule has 0 aromatic heterocycles. The van der Waals surface area contributed by atoms with E-state index in [0.717, 1.165) is 26.2 Å². The molecule has 0 saturated carbocycles. The van der Waals surface area contributed by atoms with E-state index in [1.165, 1.54) is 0 Å². The monoisotopic (exact) mass is 316 g/mol. The molecule has 2 N–H and O–H groups in total. The van der Waals surface area contributed by atoms with Gasteiger partial charge in [0.1, 0.15) is 0 Å². The second-order valence-electron chi connectivity index (χ2n) is 4.35. The number of sulfone groups is 1. The van der Waals surface area contributed by atoms with Gasteiger partial charge in [-0.25, -0.2) is 12.6 Å². The lowest BCUT2D eigenvalue weighted by atomic mass is 10.3. The Balaban J connectivity index is 2.19. The van der Waals surface area contributed by atoms with Crippen molar-refractivity contribution in [2.75, 3.05) is 50.8 Å². The fraction of sp³-hybridized carbons (Fsp3) is 1.00. The molecule has 0 radical (unpaired) electrons. The second-order valence-corrected chi connectivity index (χ2v) is 7.74. The van der Waals surface area contributed by atoms with Gasteiger partial charge in [-0.05, 0) is 13.0 Å². The van der Waals surface area contributed by atoms with Gasteiger partial charge in [-0.15, -0.1) is 0 Å². The van der Waals surface area contributed by atoms with Crippen LogP contribution in [-0.4, -0.2) is 77.1 Å². The SMILES string of the molecule is O=S(=O)(CCCN1CCNCC1)CCOS(=O)(=O)O. The average molecular weight is 316 g/mol. The zero-order valence-corrected chi connectivity index (χ0v) is 12.2. The van der Waals surface area contributed by atoms with Crippen LogP contribution in [0.2, 0.25) is 0 Å². The Kier molecular flexibility index (Phi) is 6.63. The van der Waals surface area contributed by atoms with Crippen LogP contribution < -0.4 is 5.32 Å². The normalized spacial score (nSPS) is 18.6. The molecular weight excluding hydrogens is 296 g/mol. The fourth-order valence-electron chi connectivity index (χ4n) is 1.81. The maximum atomic E-state index is 11.6. The molecule has 0 atom stereocenters. The van der Waals surface area contributed by atoms with Crippen LogP contribution >= 0.6 is 0 Å². The number of hydrogen-bond donors (Lipinski definition) is 2. The predicted octanol–water partition coefficient (Wildman–Crippen LogP) is -1.48. The lowest BCUT2D eigenvalue weighted by Gasteiger charge is -2.26. The summed E-state index contributed by atoms with van der Waals surface area (Å²) in [5.74, 6) is -0.417. The molecule has 1 aliphatic rings. The average Bonchev–Trinajstić information content (AvgIpc) is 2.28. The first-order chi connectivity index (χ1) is 8.79. The molecule has 114 valence electrons. The van der Waals surface area contributed by atoms with Gasteiger partial charge >= 0.3 is 10.4 Å². The summed E-state index contributed by atoms with van der Waals surface area (Å²) in [5.41, 5.74) is 0. The van der Waals surface area contributed by atoms with Gasteiger partial charge < -0.3 is 10.2 Å². The Morgan fingerprint density at radius 1 is 1.11 bits per heavy atom. The highest BCUT2D eigenvalue weighted by molar-refractivity contribution is 7.91. The molecule has 0 aromatic rings. The van der Waals surface area contributed by atoms with Crippen molar-refractivity contribution in [3.8, 4) is 0 Å². The molecule has 0 aliphatic carbocycles. The van der Waals surface area contributed by atoms with Gasteiger partial charge in [0, 0.05) is 26.2 Å². The van der Waals surface area contributed by atoms with Crippen molar-refractivity contribution in [1.29, 1.82) is 0 Å². The number of hydrogen-bond acceptors (Lipinski definition) is 7. The molecule has 0 spiro atoms. The summed E-state index contributed by atoms with van der Waals surface area (Å²) in [4.78, 5) is 2.18. The third kappa shape index (κ3) is 8.50. The lowest BCUT2D eigenvalue weighted by Crippen LogP contribution is -2.44. The highest BCUT2D eigenvalue weighted by Crippen LogP contribution is 2.00. The second kappa shape index (κ2) is 7.50. The van der Waals surface area contributed by atoms with Crippen LogP contribution in [-0.2, 0) is 24.4 Å². The molecule has 1 saturated heterocycles. The van der Waals surface area contributed by atoms with Gasteiger partial charge in [0.05, 0.1) is 18.1 Å². The Labute approximate surface area is 114 Å². The molecule has 0 unspecified atom stereocenters. The largest absolute Gasteiger partial charge is 0.397 e. The third-order valence-electron chi connectivity index (χ3n) is 2.77. The van der Waals surface area contributed by atoms with Crippen LogP contribution in [0.5, 0.6) is 0 Å². The van der Waals surface area contributed by atoms with E-state index in [1.54, 1.807) is 0 Å². The summed E-state index contributed by atoms with van der Waals surface area (Å²) >= 11 is 0. The number of rotatable bonds is 8. The van der Waals surface area contributed by atoms with E-state index in [9.17, 15) is 16.8 Å². The van der Waals surface area contributed by atoms with Crippen molar-refractivity contribution in [3.63, 3.8) is 0 Å². The molecular formula is C9H20N2O6S2. The minimum absolute atomic E-state index is 0.00817. The highest BCUT2D eigenvalue weighted by atomic mass is 32.3. The van der Waals surface area contributed by atoms with Crippen LogP contribution in [0.4, 0.5) is 0 Å². The fourth-order valence-corrected chi connectivity index (χ4v) is 3.32. The van der Waals surface area contributed by atoms with Crippen LogP contribution in [0.1, 0.15) is 6.42 Å². The number of nitrogens with one attached hydrogen (secondary N) is 1. The Morgan fingerprint density at radius 3 is 2.32 bits per heavy atom. The molecule has 1 heterocycles. The van der Waals surface area contributed by atoms with Crippen LogP contribution in [0.3, 0.4) is 0 Å². The number of nitrogens with zero attached hydrogens (tertiary/aromatic N) is 1. The molecule has 10 heteroatoms. The number of piperazine rings is 1.